The fourth-order valence-corrected chi connectivity index (χ4v) is 3.06. The number of aromatic nitrogens is 1. The van der Waals surface area contributed by atoms with Gasteiger partial charge in [0.2, 0.25) is 0 Å². The van der Waals surface area contributed by atoms with Gasteiger partial charge < -0.3 is 15.1 Å². The minimum Gasteiger partial charge on any atom is -0.374 e. The van der Waals surface area contributed by atoms with E-state index in [1.165, 1.54) is 37.2 Å². The number of pyridine rings is 1. The third-order valence-corrected chi connectivity index (χ3v) is 4.45. The Morgan fingerprint density at radius 3 is 2.76 bits per heavy atom. The van der Waals surface area contributed by atoms with Crippen molar-refractivity contribution in [2.75, 3.05) is 45.2 Å². The van der Waals surface area contributed by atoms with Crippen molar-refractivity contribution in [2.45, 2.75) is 33.2 Å². The van der Waals surface area contributed by atoms with Crippen LogP contribution in [0.25, 0.3) is 0 Å². The predicted octanol–water partition coefficient (Wildman–Crippen LogP) is 2.28. The largest absolute Gasteiger partial charge is 0.374 e. The number of nitrogens with zero attached hydrogens (tertiary/aromatic N) is 3. The maximum Gasteiger partial charge on any atom is 0.0443 e. The number of hydrogen-bond acceptors (Lipinski definition) is 4. The minimum absolute atomic E-state index is 0.812. The van der Waals surface area contributed by atoms with Gasteiger partial charge in [0.05, 0.1) is 0 Å². The number of piperidine rings is 1. The Bertz CT molecular complexity index is 438. The molecule has 2 rings (SSSR count). The molecule has 1 fully saturated rings. The topological polar surface area (TPSA) is 31.4 Å². The van der Waals surface area contributed by atoms with Crippen molar-refractivity contribution in [3.05, 3.63) is 23.5 Å². The molecule has 0 amide bonds. The molecule has 0 spiro atoms. The Kier molecular flexibility index (Phi) is 6.00. The van der Waals surface area contributed by atoms with Gasteiger partial charge in [0.1, 0.15) is 0 Å². The summed E-state index contributed by atoms with van der Waals surface area (Å²) in [5.74, 6) is 0.812. The van der Waals surface area contributed by atoms with Gasteiger partial charge in [0.15, 0.2) is 0 Å². The van der Waals surface area contributed by atoms with Gasteiger partial charge in [0, 0.05) is 43.3 Å². The van der Waals surface area contributed by atoms with Crippen LogP contribution in [0.3, 0.4) is 0 Å². The first-order valence-corrected chi connectivity index (χ1v) is 8.16. The first-order chi connectivity index (χ1) is 10.1. The smallest absolute Gasteiger partial charge is 0.0443 e. The highest BCUT2D eigenvalue weighted by molar-refractivity contribution is 5.53. The van der Waals surface area contributed by atoms with Crippen molar-refractivity contribution in [3.8, 4) is 0 Å². The molecule has 2 heterocycles. The molecule has 1 aliphatic heterocycles. The first-order valence-electron chi connectivity index (χ1n) is 8.16. The summed E-state index contributed by atoms with van der Waals surface area (Å²) in [4.78, 5) is 9.32. The van der Waals surface area contributed by atoms with Crippen LogP contribution in [0.4, 0.5) is 5.69 Å². The average Bonchev–Trinajstić information content (AvgIpc) is 2.48. The molecule has 118 valence electrons. The molecule has 1 saturated heterocycles. The van der Waals surface area contributed by atoms with Gasteiger partial charge in [-0.05, 0) is 58.4 Å². The van der Waals surface area contributed by atoms with Crippen molar-refractivity contribution >= 4 is 5.69 Å². The van der Waals surface area contributed by atoms with Crippen molar-refractivity contribution in [1.82, 2.24) is 15.2 Å². The minimum atomic E-state index is 0.812. The highest BCUT2D eigenvalue weighted by atomic mass is 15.1. The van der Waals surface area contributed by atoms with E-state index in [0.29, 0.717) is 0 Å². The van der Waals surface area contributed by atoms with E-state index >= 15 is 0 Å². The molecule has 0 unspecified atom stereocenters. The van der Waals surface area contributed by atoms with E-state index in [9.17, 15) is 0 Å². The van der Waals surface area contributed by atoms with Crippen molar-refractivity contribution in [1.29, 1.82) is 0 Å². The lowest BCUT2D eigenvalue weighted by Crippen LogP contribution is -2.36. The summed E-state index contributed by atoms with van der Waals surface area (Å²) in [6.07, 6.45) is 4.65. The lowest BCUT2D eigenvalue weighted by molar-refractivity contribution is 0.222. The van der Waals surface area contributed by atoms with E-state index in [4.69, 9.17) is 0 Å². The molecule has 1 aromatic heterocycles. The standard InChI is InChI=1S/C17H30N4/c1-5-18-11-16-12-19-14(2)10-17(16)21(4)13-15-6-8-20(3)9-7-15/h10,12,15,18H,5-9,11,13H2,1-4H3. The molecule has 4 nitrogen and oxygen atoms in total. The molecule has 0 bridgehead atoms. The van der Waals surface area contributed by atoms with Crippen LogP contribution in [0.2, 0.25) is 0 Å². The number of rotatable bonds is 6. The van der Waals surface area contributed by atoms with Gasteiger partial charge in [0.25, 0.3) is 0 Å². The zero-order valence-corrected chi connectivity index (χ0v) is 14.0. The second kappa shape index (κ2) is 7.76. The fraction of sp³-hybridized carbons (Fsp3) is 0.706. The molecule has 4 heteroatoms. The van der Waals surface area contributed by atoms with Crippen LogP contribution in [0.1, 0.15) is 31.0 Å². The Morgan fingerprint density at radius 2 is 2.10 bits per heavy atom. The fourth-order valence-electron chi connectivity index (χ4n) is 3.06. The zero-order valence-electron chi connectivity index (χ0n) is 14.0. The summed E-state index contributed by atoms with van der Waals surface area (Å²) < 4.78 is 0. The Labute approximate surface area is 129 Å². The number of aryl methyl sites for hydroxylation is 1. The molecule has 1 N–H and O–H groups in total. The summed E-state index contributed by atoms with van der Waals surface area (Å²) >= 11 is 0. The normalized spacial score (nSPS) is 17.1. The van der Waals surface area contributed by atoms with Crippen LogP contribution >= 0.6 is 0 Å². The van der Waals surface area contributed by atoms with Crippen LogP contribution in [-0.2, 0) is 6.54 Å². The summed E-state index contributed by atoms with van der Waals surface area (Å²) in [7, 11) is 4.45. The number of hydrogen-bond donors (Lipinski definition) is 1. The quantitative estimate of drug-likeness (QED) is 0.871. The third-order valence-electron chi connectivity index (χ3n) is 4.45. The van der Waals surface area contributed by atoms with Crippen LogP contribution in [0.5, 0.6) is 0 Å². The Morgan fingerprint density at radius 1 is 1.38 bits per heavy atom. The zero-order chi connectivity index (χ0) is 15.2. The van der Waals surface area contributed by atoms with Crippen LogP contribution in [0.15, 0.2) is 12.3 Å². The van der Waals surface area contributed by atoms with Crippen molar-refractivity contribution < 1.29 is 0 Å². The highest BCUT2D eigenvalue weighted by Gasteiger charge is 2.19. The summed E-state index contributed by atoms with van der Waals surface area (Å²) in [6.45, 7) is 9.73. The molecular formula is C17H30N4. The molecule has 1 aliphatic rings. The van der Waals surface area contributed by atoms with Crippen LogP contribution in [0, 0.1) is 12.8 Å². The number of anilines is 1. The van der Waals surface area contributed by atoms with Gasteiger partial charge in [-0.25, -0.2) is 0 Å². The van der Waals surface area contributed by atoms with Gasteiger partial charge in [-0.1, -0.05) is 6.92 Å². The molecule has 0 aliphatic carbocycles. The van der Waals surface area contributed by atoms with E-state index in [0.717, 1.165) is 31.2 Å². The predicted molar refractivity (Wildman–Crippen MR) is 89.8 cm³/mol. The molecule has 0 radical (unpaired) electrons. The monoisotopic (exact) mass is 290 g/mol. The van der Waals surface area contributed by atoms with E-state index in [2.05, 4.69) is 54.1 Å². The van der Waals surface area contributed by atoms with Gasteiger partial charge in [-0.2, -0.15) is 0 Å². The molecular weight excluding hydrogens is 260 g/mol. The third kappa shape index (κ3) is 4.68. The number of nitrogens with one attached hydrogen (secondary N) is 1. The lowest BCUT2D eigenvalue weighted by atomic mass is 9.96. The van der Waals surface area contributed by atoms with Crippen LogP contribution in [-0.4, -0.2) is 50.2 Å². The molecule has 0 atom stereocenters. The Balaban J connectivity index is 2.03. The maximum absolute atomic E-state index is 4.46. The SMILES string of the molecule is CCNCc1cnc(C)cc1N(C)CC1CCN(C)CC1. The van der Waals surface area contributed by atoms with Gasteiger partial charge >= 0.3 is 0 Å². The van der Waals surface area contributed by atoms with Crippen molar-refractivity contribution in [3.63, 3.8) is 0 Å². The summed E-state index contributed by atoms with van der Waals surface area (Å²) in [5, 5.41) is 3.42. The van der Waals surface area contributed by atoms with Crippen molar-refractivity contribution in [2.24, 2.45) is 5.92 Å². The highest BCUT2D eigenvalue weighted by Crippen LogP contribution is 2.24. The summed E-state index contributed by atoms with van der Waals surface area (Å²) in [6, 6.07) is 2.22. The van der Waals surface area contributed by atoms with E-state index in [1.807, 2.05) is 6.20 Å². The molecule has 21 heavy (non-hydrogen) atoms. The van der Waals surface area contributed by atoms with Gasteiger partial charge in [-0.3, -0.25) is 4.98 Å². The van der Waals surface area contributed by atoms with E-state index < -0.39 is 0 Å². The van der Waals surface area contributed by atoms with Gasteiger partial charge in [-0.15, -0.1) is 0 Å². The molecule has 1 aromatic rings. The second-order valence-electron chi connectivity index (χ2n) is 6.36. The van der Waals surface area contributed by atoms with Crippen LogP contribution < -0.4 is 10.2 Å². The summed E-state index contributed by atoms with van der Waals surface area (Å²) in [5.41, 5.74) is 3.74. The van der Waals surface area contributed by atoms with E-state index in [1.54, 1.807) is 0 Å². The average molecular weight is 290 g/mol. The second-order valence-corrected chi connectivity index (χ2v) is 6.36. The van der Waals surface area contributed by atoms with E-state index in [-0.39, 0.29) is 0 Å². The first kappa shape index (κ1) is 16.2. The molecule has 0 saturated carbocycles. The lowest BCUT2D eigenvalue weighted by Gasteiger charge is -2.33. The maximum atomic E-state index is 4.46. The molecule has 0 aromatic carbocycles. The Hall–Kier alpha value is -1.13. The number of likely N-dealkylation sites (tertiary alicyclic amines) is 1.